The first-order valence-corrected chi connectivity index (χ1v) is 10.3. The van der Waals surface area contributed by atoms with Crippen LogP contribution in [0.2, 0.25) is 0 Å². The van der Waals surface area contributed by atoms with E-state index in [1.807, 2.05) is 0 Å². The van der Waals surface area contributed by atoms with Gasteiger partial charge in [-0.2, -0.15) is 0 Å². The number of hydrogen-bond donors (Lipinski definition) is 2. The van der Waals surface area contributed by atoms with Crippen LogP contribution >= 0.6 is 0 Å². The number of carbonyl (C=O) groups excluding carboxylic acids is 1. The second kappa shape index (κ2) is 7.40. The van der Waals surface area contributed by atoms with Crippen molar-refractivity contribution in [2.75, 3.05) is 13.2 Å². The van der Waals surface area contributed by atoms with Gasteiger partial charge in [-0.05, 0) is 6.92 Å². The van der Waals surface area contributed by atoms with Gasteiger partial charge >= 0.3 is 11.9 Å². The normalized spacial score (nSPS) is 26.0. The van der Waals surface area contributed by atoms with E-state index < -0.39 is 52.0 Å². The summed E-state index contributed by atoms with van der Waals surface area (Å²) < 4.78 is 23.2. The number of carboxylic acid groups (broad SMARTS) is 2. The highest BCUT2D eigenvalue weighted by Crippen LogP contribution is 2.47. The number of halogens is 1. The number of rotatable bonds is 4. The van der Waals surface area contributed by atoms with Crippen LogP contribution in [0.4, 0.5) is 4.39 Å². The van der Waals surface area contributed by atoms with Crippen molar-refractivity contribution in [3.05, 3.63) is 62.6 Å². The molecule has 0 amide bonds. The second-order valence-electron chi connectivity index (χ2n) is 8.36. The number of aliphatic carboxylic acids is 1. The molecule has 14 heteroatoms. The van der Waals surface area contributed by atoms with Crippen molar-refractivity contribution >= 4 is 17.7 Å². The van der Waals surface area contributed by atoms with Gasteiger partial charge in [0.05, 0.1) is 18.3 Å². The molecular weight excluding hydrogens is 457 g/mol. The van der Waals surface area contributed by atoms with Crippen LogP contribution in [-0.4, -0.2) is 77.4 Å². The fourth-order valence-corrected chi connectivity index (χ4v) is 4.80. The lowest BCUT2D eigenvalue weighted by Crippen LogP contribution is -2.54. The molecule has 0 radical (unpaired) electrons. The number of aromatic carboxylic acids is 1. The molecule has 4 heterocycles. The predicted octanol–water partition coefficient (Wildman–Crippen LogP) is 0.337. The zero-order chi connectivity index (χ0) is 24.5. The van der Waals surface area contributed by atoms with Crippen LogP contribution in [0.5, 0.6) is 0 Å². The molecule has 3 aliphatic heterocycles. The minimum absolute atomic E-state index is 0.0225. The van der Waals surface area contributed by atoms with Crippen molar-refractivity contribution in [1.29, 1.82) is 0 Å². The zero-order valence-corrected chi connectivity index (χ0v) is 17.7. The number of carboxylic acids is 2. The number of aromatic nitrogens is 2. The molecule has 0 fully saturated rings. The minimum atomic E-state index is -2.14. The molecule has 13 nitrogen and oxygen atoms in total. The monoisotopic (exact) mass is 475 g/mol. The number of Topliss-reactive ketones (excluding diaryl/α,β-unsaturated/α-hetero) is 1. The molecule has 0 spiro atoms. The molecule has 0 aromatic carbocycles. The van der Waals surface area contributed by atoms with Gasteiger partial charge in [-0.1, -0.05) is 0 Å². The molecule has 3 atom stereocenters. The summed E-state index contributed by atoms with van der Waals surface area (Å²) in [7, 11) is 0. The average molecular weight is 475 g/mol. The highest BCUT2D eigenvalue weighted by molar-refractivity contribution is 6.19. The van der Waals surface area contributed by atoms with Crippen LogP contribution in [-0.2, 0) is 27.4 Å². The van der Waals surface area contributed by atoms with Crippen LogP contribution in [0.1, 0.15) is 23.2 Å². The van der Waals surface area contributed by atoms with Gasteiger partial charge in [-0.25, -0.2) is 19.0 Å². The van der Waals surface area contributed by atoms with Crippen LogP contribution in [0.25, 0.3) is 0 Å². The van der Waals surface area contributed by atoms with Crippen LogP contribution in [0.3, 0.4) is 0 Å². The summed E-state index contributed by atoms with van der Waals surface area (Å²) >= 11 is 0. The molecule has 1 aliphatic carbocycles. The third-order valence-electron chi connectivity index (χ3n) is 6.38. The lowest BCUT2D eigenvalue weighted by molar-refractivity contribution is -0.521. The Morgan fingerprint density at radius 2 is 2.03 bits per heavy atom. The van der Waals surface area contributed by atoms with Gasteiger partial charge in [0, 0.05) is 30.4 Å². The number of carbonyl (C=O) groups is 3. The standard InChI is InChI=1S/C20H18FN5O8/c1-8-7-34-18-15-12(17(27)9(19(28)29)4-25(8)15)14(26(32)33)13(21)16(18)24-3-2-23-5-10(20(30)31)22-11(23)6-24/h4-5,8,12,14H,2-3,6-7H2,1H3,(H,28,29)(H,30,31). The molecule has 0 saturated carbocycles. The van der Waals surface area contributed by atoms with E-state index in [0.29, 0.717) is 5.82 Å². The van der Waals surface area contributed by atoms with Crippen molar-refractivity contribution in [2.45, 2.75) is 32.1 Å². The van der Waals surface area contributed by atoms with Gasteiger partial charge in [-0.15, -0.1) is 0 Å². The van der Waals surface area contributed by atoms with Crippen LogP contribution < -0.4 is 0 Å². The van der Waals surface area contributed by atoms with Gasteiger partial charge in [-0.3, -0.25) is 14.9 Å². The Kier molecular flexibility index (Phi) is 4.70. The first-order chi connectivity index (χ1) is 16.1. The lowest BCUT2D eigenvalue weighted by Gasteiger charge is -2.46. The van der Waals surface area contributed by atoms with Gasteiger partial charge in [0.2, 0.25) is 5.83 Å². The Labute approximate surface area is 190 Å². The zero-order valence-electron chi connectivity index (χ0n) is 17.7. The van der Waals surface area contributed by atoms with Crippen molar-refractivity contribution < 1.29 is 38.6 Å². The summed E-state index contributed by atoms with van der Waals surface area (Å²) in [5, 5.41) is 30.6. The quantitative estimate of drug-likeness (QED) is 0.350. The number of ketones is 1. The van der Waals surface area contributed by atoms with Crippen molar-refractivity contribution in [3.63, 3.8) is 0 Å². The number of imidazole rings is 1. The van der Waals surface area contributed by atoms with E-state index >= 15 is 4.39 Å². The molecule has 0 bridgehead atoms. The fraction of sp³-hybridized carbons (Fsp3) is 0.400. The van der Waals surface area contributed by atoms with E-state index in [4.69, 9.17) is 4.74 Å². The topological polar surface area (TPSA) is 168 Å². The van der Waals surface area contributed by atoms with Gasteiger partial charge in [0.15, 0.2) is 17.2 Å². The molecule has 34 heavy (non-hydrogen) atoms. The van der Waals surface area contributed by atoms with E-state index in [1.165, 1.54) is 16.0 Å². The maximum absolute atomic E-state index is 15.8. The number of hydrogen-bond acceptors (Lipinski definition) is 9. The summed E-state index contributed by atoms with van der Waals surface area (Å²) in [4.78, 5) is 53.9. The SMILES string of the molecule is CC1COC2=C3C(C(=O)C(C(=O)O)=CN31)C([N+](=O)[O-])C(F)=C2N1CCn2cc(C(=O)O)nc2C1. The highest BCUT2D eigenvalue weighted by atomic mass is 19.1. The number of nitrogens with zero attached hydrogens (tertiary/aromatic N) is 5. The number of nitro groups is 1. The van der Waals surface area contributed by atoms with Crippen LogP contribution in [0, 0.1) is 16.0 Å². The van der Waals surface area contributed by atoms with Gasteiger partial charge in [0.1, 0.15) is 29.6 Å². The first-order valence-electron chi connectivity index (χ1n) is 10.3. The van der Waals surface area contributed by atoms with E-state index in [2.05, 4.69) is 4.98 Å². The van der Waals surface area contributed by atoms with Crippen molar-refractivity contribution in [1.82, 2.24) is 19.4 Å². The second-order valence-corrected chi connectivity index (χ2v) is 8.36. The van der Waals surface area contributed by atoms with E-state index in [0.717, 1.165) is 6.20 Å². The molecule has 1 aromatic rings. The molecular formula is C20H18FN5O8. The largest absolute Gasteiger partial charge is 0.487 e. The maximum Gasteiger partial charge on any atom is 0.356 e. The molecule has 2 N–H and O–H groups in total. The molecule has 5 rings (SSSR count). The Balaban J connectivity index is 1.65. The Hall–Kier alpha value is -4.23. The van der Waals surface area contributed by atoms with Crippen LogP contribution in [0.15, 0.2) is 41.0 Å². The smallest absolute Gasteiger partial charge is 0.356 e. The molecule has 0 saturated heterocycles. The van der Waals surface area contributed by atoms with E-state index in [1.54, 1.807) is 11.5 Å². The van der Waals surface area contributed by atoms with Crippen molar-refractivity contribution in [2.24, 2.45) is 5.92 Å². The molecule has 1 aromatic heterocycles. The predicted molar refractivity (Wildman–Crippen MR) is 107 cm³/mol. The van der Waals surface area contributed by atoms with Crippen molar-refractivity contribution in [3.8, 4) is 0 Å². The molecule has 4 aliphatic rings. The summed E-state index contributed by atoms with van der Waals surface area (Å²) in [6.07, 6.45) is 2.47. The third kappa shape index (κ3) is 2.98. The third-order valence-corrected chi connectivity index (χ3v) is 6.38. The van der Waals surface area contributed by atoms with Gasteiger partial charge in [0.25, 0.3) is 6.04 Å². The highest BCUT2D eigenvalue weighted by Gasteiger charge is 2.57. The number of fused-ring (bicyclic) bond motifs is 1. The molecule has 178 valence electrons. The summed E-state index contributed by atoms with van der Waals surface area (Å²) in [5.74, 6) is -6.50. The van der Waals surface area contributed by atoms with E-state index in [-0.39, 0.29) is 49.1 Å². The fourth-order valence-electron chi connectivity index (χ4n) is 4.80. The lowest BCUT2D eigenvalue weighted by atomic mass is 9.78. The summed E-state index contributed by atoms with van der Waals surface area (Å²) in [6, 6.07) is -2.60. The minimum Gasteiger partial charge on any atom is -0.487 e. The summed E-state index contributed by atoms with van der Waals surface area (Å²) in [5.41, 5.74) is -1.01. The average Bonchev–Trinajstić information content (AvgIpc) is 3.20. The summed E-state index contributed by atoms with van der Waals surface area (Å²) in [6.45, 7) is 2.07. The Morgan fingerprint density at radius 1 is 1.29 bits per heavy atom. The molecule has 3 unspecified atom stereocenters. The van der Waals surface area contributed by atoms with Gasteiger partial charge < -0.3 is 29.3 Å². The Bertz CT molecular complexity index is 1260. The maximum atomic E-state index is 15.8. The Morgan fingerprint density at radius 3 is 2.68 bits per heavy atom. The van der Waals surface area contributed by atoms with E-state index in [9.17, 15) is 34.7 Å². The number of ether oxygens (including phenoxy) is 1. The first kappa shape index (κ1) is 21.6.